The van der Waals surface area contributed by atoms with Crippen LogP contribution in [0.25, 0.3) is 0 Å². The highest BCUT2D eigenvalue weighted by atomic mass is 16.6. The Morgan fingerprint density at radius 2 is 0.456 bits per heavy atom. The van der Waals surface area contributed by atoms with E-state index in [0.717, 1.165) is 77.0 Å². The highest BCUT2D eigenvalue weighted by Crippen LogP contribution is 2.18. The lowest BCUT2D eigenvalue weighted by molar-refractivity contribution is -0.167. The van der Waals surface area contributed by atoms with Gasteiger partial charge in [-0.3, -0.25) is 14.4 Å². The second-order valence-electron chi connectivity index (χ2n) is 23.8. The Hall–Kier alpha value is -2.63. The molecule has 0 bridgehead atoms. The first-order valence-electron chi connectivity index (χ1n) is 35.1. The van der Waals surface area contributed by atoms with E-state index >= 15 is 0 Å². The van der Waals surface area contributed by atoms with E-state index in [-0.39, 0.29) is 31.1 Å². The molecular weight excluding hydrogens is 973 g/mol. The van der Waals surface area contributed by atoms with Crippen LogP contribution < -0.4 is 0 Å². The molecule has 0 aromatic heterocycles. The molecule has 0 N–H and O–H groups in total. The monoisotopic (exact) mass is 1110 g/mol. The highest BCUT2D eigenvalue weighted by Gasteiger charge is 2.19. The van der Waals surface area contributed by atoms with E-state index in [4.69, 9.17) is 14.2 Å². The second-order valence-corrected chi connectivity index (χ2v) is 23.8. The Balaban J connectivity index is 4.30. The van der Waals surface area contributed by atoms with E-state index in [9.17, 15) is 14.4 Å². The number of ether oxygens (including phenoxy) is 3. The maximum absolute atomic E-state index is 13.0. The van der Waals surface area contributed by atoms with E-state index in [1.807, 2.05) is 0 Å². The van der Waals surface area contributed by atoms with Gasteiger partial charge in [-0.1, -0.05) is 307 Å². The van der Waals surface area contributed by atoms with Crippen LogP contribution in [0.4, 0.5) is 0 Å². The van der Waals surface area contributed by atoms with Crippen LogP contribution in [-0.4, -0.2) is 37.2 Å². The van der Waals surface area contributed by atoms with Crippen molar-refractivity contribution in [2.75, 3.05) is 13.2 Å². The Labute approximate surface area is 492 Å². The Morgan fingerprint density at radius 3 is 0.734 bits per heavy atom. The third-order valence-corrected chi connectivity index (χ3v) is 15.8. The third-order valence-electron chi connectivity index (χ3n) is 15.8. The van der Waals surface area contributed by atoms with Gasteiger partial charge in [0.25, 0.3) is 0 Å². The van der Waals surface area contributed by atoms with Gasteiger partial charge < -0.3 is 14.2 Å². The fourth-order valence-electron chi connectivity index (χ4n) is 10.5. The topological polar surface area (TPSA) is 78.9 Å². The summed E-state index contributed by atoms with van der Waals surface area (Å²) in [6, 6.07) is 0. The molecule has 0 heterocycles. The van der Waals surface area contributed by atoms with Crippen molar-refractivity contribution >= 4 is 17.9 Å². The second kappa shape index (κ2) is 67.9. The van der Waals surface area contributed by atoms with Crippen LogP contribution in [0.5, 0.6) is 0 Å². The molecule has 0 rings (SSSR count). The fraction of sp³-hybridized carbons (Fsp3) is 0.849. The van der Waals surface area contributed by atoms with Crippen molar-refractivity contribution in [1.82, 2.24) is 0 Å². The fourth-order valence-corrected chi connectivity index (χ4v) is 10.5. The lowest BCUT2D eigenvalue weighted by Crippen LogP contribution is -2.30. The van der Waals surface area contributed by atoms with Gasteiger partial charge in [-0.05, 0) is 103 Å². The van der Waals surface area contributed by atoms with Gasteiger partial charge >= 0.3 is 17.9 Å². The van der Waals surface area contributed by atoms with Crippen molar-refractivity contribution in [2.24, 2.45) is 0 Å². The first-order chi connectivity index (χ1) is 39.0. The van der Waals surface area contributed by atoms with Crippen LogP contribution in [0.3, 0.4) is 0 Å². The van der Waals surface area contributed by atoms with Crippen molar-refractivity contribution in [2.45, 2.75) is 386 Å². The molecule has 6 nitrogen and oxygen atoms in total. The smallest absolute Gasteiger partial charge is 0.306 e. The van der Waals surface area contributed by atoms with Crippen molar-refractivity contribution in [3.8, 4) is 0 Å². The summed E-state index contributed by atoms with van der Waals surface area (Å²) in [4.78, 5) is 38.4. The van der Waals surface area contributed by atoms with Crippen LogP contribution in [0.2, 0.25) is 0 Å². The number of carbonyl (C=O) groups is 3. The number of unbranched alkanes of at least 4 members (excludes halogenated alkanes) is 46. The molecule has 0 fully saturated rings. The Kier molecular flexibility index (Phi) is 65.6. The van der Waals surface area contributed by atoms with Gasteiger partial charge in [0.05, 0.1) is 0 Å². The zero-order valence-corrected chi connectivity index (χ0v) is 53.2. The first-order valence-corrected chi connectivity index (χ1v) is 35.1. The molecular formula is C73H134O6. The lowest BCUT2D eigenvalue weighted by atomic mass is 10.0. The van der Waals surface area contributed by atoms with Crippen LogP contribution in [0.1, 0.15) is 380 Å². The summed E-state index contributed by atoms with van der Waals surface area (Å²) in [6.07, 6.45) is 85.6. The standard InChI is InChI=1S/C73H134O6/c1-4-7-10-13-16-19-22-25-28-30-32-34-36-38-40-42-45-48-51-54-57-60-63-66-72(75)78-69-70(68-77-71(74)65-62-59-56-53-50-47-44-27-24-21-18-15-12-9-6-3)79-73(76)67-64-61-58-55-52-49-46-43-41-39-37-35-33-31-29-26-23-20-17-14-11-8-5-2/h18,21,27,30-33,44,70H,4-17,19-20,22-26,28-29,34-43,45-69H2,1-3H3/b21-18-,32-30-,33-31-,44-27-. The molecule has 0 aliphatic carbocycles. The maximum Gasteiger partial charge on any atom is 0.306 e. The minimum absolute atomic E-state index is 0.0753. The lowest BCUT2D eigenvalue weighted by Gasteiger charge is -2.18. The largest absolute Gasteiger partial charge is 0.462 e. The van der Waals surface area contributed by atoms with Crippen LogP contribution in [0.15, 0.2) is 48.6 Å². The molecule has 0 aliphatic rings. The maximum atomic E-state index is 13.0. The van der Waals surface area contributed by atoms with E-state index in [1.54, 1.807) is 0 Å². The van der Waals surface area contributed by atoms with Crippen LogP contribution >= 0.6 is 0 Å². The number of carbonyl (C=O) groups excluding carboxylic acids is 3. The van der Waals surface area contributed by atoms with Crippen molar-refractivity contribution in [1.29, 1.82) is 0 Å². The van der Waals surface area contributed by atoms with Gasteiger partial charge in [0.2, 0.25) is 0 Å². The zero-order valence-electron chi connectivity index (χ0n) is 53.2. The van der Waals surface area contributed by atoms with Gasteiger partial charge in [0.15, 0.2) is 6.10 Å². The molecule has 0 aromatic carbocycles. The van der Waals surface area contributed by atoms with E-state index < -0.39 is 6.10 Å². The van der Waals surface area contributed by atoms with Crippen LogP contribution in [0, 0.1) is 0 Å². The van der Waals surface area contributed by atoms with E-state index in [2.05, 4.69) is 69.4 Å². The Morgan fingerprint density at radius 1 is 0.253 bits per heavy atom. The number of hydrogen-bond donors (Lipinski definition) is 0. The summed E-state index contributed by atoms with van der Waals surface area (Å²) in [6.45, 7) is 6.66. The minimum atomic E-state index is -0.780. The summed E-state index contributed by atoms with van der Waals surface area (Å²) >= 11 is 0. The quantitative estimate of drug-likeness (QED) is 0.0261. The van der Waals surface area contributed by atoms with Crippen LogP contribution in [-0.2, 0) is 28.6 Å². The number of rotatable bonds is 65. The molecule has 0 saturated carbocycles. The molecule has 79 heavy (non-hydrogen) atoms. The third kappa shape index (κ3) is 66.1. The molecule has 1 atom stereocenters. The summed E-state index contributed by atoms with van der Waals surface area (Å²) in [5.74, 6) is -0.867. The summed E-state index contributed by atoms with van der Waals surface area (Å²) in [5.41, 5.74) is 0. The van der Waals surface area contributed by atoms with Gasteiger partial charge in [0.1, 0.15) is 13.2 Å². The average molecular weight is 1110 g/mol. The molecule has 0 amide bonds. The molecule has 0 aliphatic heterocycles. The van der Waals surface area contributed by atoms with Crippen molar-refractivity contribution in [3.63, 3.8) is 0 Å². The summed E-state index contributed by atoms with van der Waals surface area (Å²) in [5, 5.41) is 0. The number of esters is 3. The molecule has 462 valence electrons. The molecule has 6 heteroatoms. The van der Waals surface area contributed by atoms with E-state index in [0.29, 0.717) is 19.3 Å². The summed E-state index contributed by atoms with van der Waals surface area (Å²) < 4.78 is 17.0. The molecule has 0 radical (unpaired) electrons. The van der Waals surface area contributed by atoms with E-state index in [1.165, 1.54) is 263 Å². The van der Waals surface area contributed by atoms with Crippen molar-refractivity contribution < 1.29 is 28.6 Å². The molecule has 1 unspecified atom stereocenters. The normalized spacial score (nSPS) is 12.3. The highest BCUT2D eigenvalue weighted by molar-refractivity contribution is 5.71. The molecule has 0 spiro atoms. The SMILES string of the molecule is CCCCC/C=C\C/C=C\CCCCCCCC(=O)OCC(COC(=O)CCCCCCCCCCCCC/C=C\CCCCCCCCCC)OC(=O)CCCCCCCCCCCCC/C=C\CCCCCCCCCC. The number of hydrogen-bond acceptors (Lipinski definition) is 6. The minimum Gasteiger partial charge on any atom is -0.462 e. The van der Waals surface area contributed by atoms with Gasteiger partial charge in [-0.25, -0.2) is 0 Å². The average Bonchev–Trinajstić information content (AvgIpc) is 3.45. The predicted molar refractivity (Wildman–Crippen MR) is 344 cm³/mol. The van der Waals surface area contributed by atoms with Gasteiger partial charge in [-0.2, -0.15) is 0 Å². The molecule has 0 saturated heterocycles. The van der Waals surface area contributed by atoms with Gasteiger partial charge in [-0.15, -0.1) is 0 Å². The molecule has 0 aromatic rings. The summed E-state index contributed by atoms with van der Waals surface area (Å²) in [7, 11) is 0. The number of allylic oxidation sites excluding steroid dienone is 8. The van der Waals surface area contributed by atoms with Gasteiger partial charge in [0, 0.05) is 19.3 Å². The predicted octanol–water partition coefficient (Wildman–Crippen LogP) is 24.1. The van der Waals surface area contributed by atoms with Crippen molar-refractivity contribution in [3.05, 3.63) is 48.6 Å². The first kappa shape index (κ1) is 76.4. The Bertz CT molecular complexity index is 1360. The zero-order chi connectivity index (χ0) is 57.1.